The number of pyridine rings is 1. The molecule has 7 nitrogen and oxygen atoms in total. The fraction of sp³-hybridized carbons (Fsp3) is 0.231. The van der Waals surface area contributed by atoms with Gasteiger partial charge in [0.25, 0.3) is 5.91 Å². The monoisotopic (exact) mass is 439 g/mol. The Hall–Kier alpha value is -4.00. The van der Waals surface area contributed by atoms with E-state index in [0.29, 0.717) is 18.1 Å². The summed E-state index contributed by atoms with van der Waals surface area (Å²) in [6.07, 6.45) is 3.53. The fourth-order valence-corrected chi connectivity index (χ4v) is 4.40. The third kappa shape index (κ3) is 4.09. The van der Waals surface area contributed by atoms with Crippen molar-refractivity contribution in [1.29, 1.82) is 0 Å². The highest BCUT2D eigenvalue weighted by atomic mass is 16.2. The summed E-state index contributed by atoms with van der Waals surface area (Å²) in [7, 11) is 1.73. The van der Waals surface area contributed by atoms with Gasteiger partial charge in [0.1, 0.15) is 18.1 Å². The molecular formula is C26H25N5O2. The van der Waals surface area contributed by atoms with Crippen molar-refractivity contribution in [3.8, 4) is 0 Å². The molecular weight excluding hydrogens is 414 g/mol. The van der Waals surface area contributed by atoms with E-state index in [1.165, 1.54) is 5.56 Å². The topological polar surface area (TPSA) is 71.3 Å². The van der Waals surface area contributed by atoms with E-state index in [0.717, 1.165) is 29.6 Å². The molecule has 166 valence electrons. The van der Waals surface area contributed by atoms with Gasteiger partial charge in [-0.15, -0.1) is 0 Å². The third-order valence-corrected chi connectivity index (χ3v) is 6.05. The van der Waals surface area contributed by atoms with Crippen molar-refractivity contribution in [2.45, 2.75) is 25.9 Å². The smallest absolute Gasteiger partial charge is 0.272 e. The van der Waals surface area contributed by atoms with Crippen molar-refractivity contribution in [1.82, 2.24) is 19.4 Å². The minimum Gasteiger partial charge on any atom is -0.333 e. The van der Waals surface area contributed by atoms with Gasteiger partial charge in [0, 0.05) is 25.5 Å². The predicted molar refractivity (Wildman–Crippen MR) is 127 cm³/mol. The molecule has 0 N–H and O–H groups in total. The molecule has 1 aliphatic rings. The predicted octanol–water partition coefficient (Wildman–Crippen LogP) is 3.68. The first-order chi connectivity index (χ1) is 16.1. The number of nitrogens with zero attached hydrogens (tertiary/aromatic N) is 5. The Balaban J connectivity index is 1.44. The fourth-order valence-electron chi connectivity index (χ4n) is 4.40. The number of para-hydroxylation sites is 3. The molecule has 2 aromatic heterocycles. The standard InChI is InChI=1S/C26H25N5O2/c1-29(26(33)21-12-6-7-15-27-21)17-24-28-20-11-3-5-14-23(20)31(24)18-25(32)30-16-8-10-19-9-2-4-13-22(19)30/h2-7,9,11-15H,8,10,16-18H2,1H3. The quantitative estimate of drug-likeness (QED) is 0.476. The molecule has 0 radical (unpaired) electrons. The van der Waals surface area contributed by atoms with Crippen LogP contribution in [0.5, 0.6) is 0 Å². The van der Waals surface area contributed by atoms with Gasteiger partial charge in [0.2, 0.25) is 5.91 Å². The van der Waals surface area contributed by atoms with E-state index in [-0.39, 0.29) is 24.9 Å². The Bertz CT molecular complexity index is 1310. The van der Waals surface area contributed by atoms with E-state index in [2.05, 4.69) is 11.1 Å². The van der Waals surface area contributed by atoms with Crippen LogP contribution in [0.2, 0.25) is 0 Å². The largest absolute Gasteiger partial charge is 0.333 e. The number of aryl methyl sites for hydroxylation is 1. The van der Waals surface area contributed by atoms with Crippen LogP contribution in [-0.2, 0) is 24.3 Å². The zero-order chi connectivity index (χ0) is 22.8. The summed E-state index contributed by atoms with van der Waals surface area (Å²) in [5, 5.41) is 0. The van der Waals surface area contributed by atoms with Crippen molar-refractivity contribution in [2.75, 3.05) is 18.5 Å². The lowest BCUT2D eigenvalue weighted by atomic mass is 10.0. The number of imidazole rings is 1. The van der Waals surface area contributed by atoms with Gasteiger partial charge in [-0.25, -0.2) is 4.98 Å². The van der Waals surface area contributed by atoms with E-state index in [1.807, 2.05) is 51.9 Å². The second-order valence-corrected chi connectivity index (χ2v) is 8.26. The maximum Gasteiger partial charge on any atom is 0.272 e. The highest BCUT2D eigenvalue weighted by Crippen LogP contribution is 2.27. The summed E-state index contributed by atoms with van der Waals surface area (Å²) in [6.45, 7) is 1.14. The van der Waals surface area contributed by atoms with Gasteiger partial charge in [-0.1, -0.05) is 36.4 Å². The number of benzene rings is 2. The molecule has 4 aromatic rings. The molecule has 0 bridgehead atoms. The van der Waals surface area contributed by atoms with Crippen LogP contribution in [0.4, 0.5) is 5.69 Å². The van der Waals surface area contributed by atoms with Crippen molar-refractivity contribution >= 4 is 28.5 Å². The molecule has 3 heterocycles. The molecule has 0 fully saturated rings. The molecule has 0 atom stereocenters. The van der Waals surface area contributed by atoms with Gasteiger partial charge in [0.05, 0.1) is 17.6 Å². The summed E-state index contributed by atoms with van der Waals surface area (Å²) >= 11 is 0. The Morgan fingerprint density at radius 2 is 1.79 bits per heavy atom. The van der Waals surface area contributed by atoms with Crippen LogP contribution in [-0.4, -0.2) is 44.8 Å². The molecule has 7 heteroatoms. The number of carbonyl (C=O) groups excluding carboxylic acids is 2. The van der Waals surface area contributed by atoms with Crippen LogP contribution >= 0.6 is 0 Å². The van der Waals surface area contributed by atoms with Gasteiger partial charge < -0.3 is 14.4 Å². The first-order valence-corrected chi connectivity index (χ1v) is 11.1. The van der Waals surface area contributed by atoms with E-state index < -0.39 is 0 Å². The molecule has 5 rings (SSSR count). The van der Waals surface area contributed by atoms with Crippen LogP contribution in [0.1, 0.15) is 28.3 Å². The molecule has 0 aliphatic carbocycles. The number of fused-ring (bicyclic) bond motifs is 2. The third-order valence-electron chi connectivity index (χ3n) is 6.05. The molecule has 0 saturated carbocycles. The lowest BCUT2D eigenvalue weighted by Gasteiger charge is -2.30. The highest BCUT2D eigenvalue weighted by Gasteiger charge is 2.25. The summed E-state index contributed by atoms with van der Waals surface area (Å²) in [6, 6.07) is 21.1. The van der Waals surface area contributed by atoms with Crippen LogP contribution in [0.25, 0.3) is 11.0 Å². The summed E-state index contributed by atoms with van der Waals surface area (Å²) in [5.41, 5.74) is 4.25. The van der Waals surface area contributed by atoms with Crippen LogP contribution < -0.4 is 4.90 Å². The maximum atomic E-state index is 13.5. The molecule has 0 unspecified atom stereocenters. The van der Waals surface area contributed by atoms with Crippen LogP contribution in [0.3, 0.4) is 0 Å². The summed E-state index contributed by atoms with van der Waals surface area (Å²) < 4.78 is 1.93. The van der Waals surface area contributed by atoms with Gasteiger partial charge in [-0.05, 0) is 48.7 Å². The Morgan fingerprint density at radius 1 is 1.00 bits per heavy atom. The SMILES string of the molecule is CN(Cc1nc2ccccc2n1CC(=O)N1CCCc2ccccc21)C(=O)c1ccccn1. The van der Waals surface area contributed by atoms with Crippen LogP contribution in [0, 0.1) is 0 Å². The van der Waals surface area contributed by atoms with E-state index in [9.17, 15) is 9.59 Å². The second kappa shape index (κ2) is 8.86. The number of hydrogen-bond acceptors (Lipinski definition) is 4. The number of aromatic nitrogens is 3. The molecule has 0 saturated heterocycles. The van der Waals surface area contributed by atoms with Gasteiger partial charge in [-0.2, -0.15) is 0 Å². The summed E-state index contributed by atoms with van der Waals surface area (Å²) in [4.78, 5) is 38.7. The number of anilines is 1. The first-order valence-electron chi connectivity index (χ1n) is 11.1. The number of amides is 2. The second-order valence-electron chi connectivity index (χ2n) is 8.26. The molecule has 1 aliphatic heterocycles. The first kappa shape index (κ1) is 20.9. The normalized spacial score (nSPS) is 13.1. The number of carbonyl (C=O) groups is 2. The van der Waals surface area contributed by atoms with Crippen LogP contribution in [0.15, 0.2) is 72.9 Å². The van der Waals surface area contributed by atoms with E-state index in [4.69, 9.17) is 4.98 Å². The lowest BCUT2D eigenvalue weighted by Crippen LogP contribution is -2.38. The van der Waals surface area contributed by atoms with Crippen molar-refractivity contribution in [2.24, 2.45) is 0 Å². The maximum absolute atomic E-state index is 13.5. The summed E-state index contributed by atoms with van der Waals surface area (Å²) in [5.74, 6) is 0.498. The highest BCUT2D eigenvalue weighted by molar-refractivity contribution is 5.95. The Labute approximate surface area is 192 Å². The van der Waals surface area contributed by atoms with Gasteiger partial charge in [0.15, 0.2) is 0 Å². The molecule has 33 heavy (non-hydrogen) atoms. The minimum absolute atomic E-state index is 0.0188. The minimum atomic E-state index is -0.189. The van der Waals surface area contributed by atoms with Gasteiger partial charge >= 0.3 is 0 Å². The Morgan fingerprint density at radius 3 is 2.64 bits per heavy atom. The average molecular weight is 440 g/mol. The van der Waals surface area contributed by atoms with Crippen molar-refractivity contribution < 1.29 is 9.59 Å². The van der Waals surface area contributed by atoms with E-state index in [1.54, 1.807) is 36.3 Å². The van der Waals surface area contributed by atoms with E-state index >= 15 is 0 Å². The van der Waals surface area contributed by atoms with Gasteiger partial charge in [-0.3, -0.25) is 14.6 Å². The molecule has 2 aromatic carbocycles. The number of hydrogen-bond donors (Lipinski definition) is 0. The molecule has 2 amide bonds. The van der Waals surface area contributed by atoms with Crippen molar-refractivity contribution in [3.05, 3.63) is 90.0 Å². The molecule has 0 spiro atoms. The Kier molecular flexibility index (Phi) is 5.60. The lowest BCUT2D eigenvalue weighted by molar-refractivity contribution is -0.119. The van der Waals surface area contributed by atoms with Crippen molar-refractivity contribution in [3.63, 3.8) is 0 Å². The average Bonchev–Trinajstić information content (AvgIpc) is 3.20. The number of rotatable bonds is 5. The zero-order valence-electron chi connectivity index (χ0n) is 18.5. The zero-order valence-corrected chi connectivity index (χ0v) is 18.5.